The normalized spacial score (nSPS) is 12.9. The van der Waals surface area contributed by atoms with Gasteiger partial charge in [0, 0.05) is 28.9 Å². The lowest BCUT2D eigenvalue weighted by molar-refractivity contribution is -0.385. The van der Waals surface area contributed by atoms with E-state index < -0.39 is 20.9 Å². The van der Waals surface area contributed by atoms with Gasteiger partial charge >= 0.3 is 5.97 Å². The van der Waals surface area contributed by atoms with Crippen molar-refractivity contribution in [1.82, 2.24) is 0 Å². The van der Waals surface area contributed by atoms with E-state index in [9.17, 15) is 23.3 Å². The molecule has 0 aromatic heterocycles. The summed E-state index contributed by atoms with van der Waals surface area (Å²) < 4.78 is 43.5. The predicted octanol–water partition coefficient (Wildman–Crippen LogP) is 3.93. The fraction of sp³-hybridized carbons (Fsp3) is 0.174. The van der Waals surface area contributed by atoms with Gasteiger partial charge in [0.05, 0.1) is 22.0 Å². The number of carbonyl (C=O) groups excluding carboxylic acids is 1. The molecule has 34 heavy (non-hydrogen) atoms. The van der Waals surface area contributed by atoms with Crippen molar-refractivity contribution in [3.8, 4) is 5.75 Å². The van der Waals surface area contributed by atoms with E-state index in [2.05, 4.69) is 4.72 Å². The zero-order valence-electron chi connectivity index (χ0n) is 18.0. The van der Waals surface area contributed by atoms with Crippen LogP contribution in [0.25, 0.3) is 0 Å². The van der Waals surface area contributed by atoms with Gasteiger partial charge in [-0.05, 0) is 43.3 Å². The van der Waals surface area contributed by atoms with Gasteiger partial charge in [-0.15, -0.1) is 0 Å². The van der Waals surface area contributed by atoms with Crippen molar-refractivity contribution < 1.29 is 32.3 Å². The van der Waals surface area contributed by atoms with Crippen LogP contribution in [0.15, 0.2) is 65.6 Å². The summed E-state index contributed by atoms with van der Waals surface area (Å²) in [4.78, 5) is 23.1. The summed E-state index contributed by atoms with van der Waals surface area (Å²) in [6.07, 6.45) is 0. The minimum Gasteiger partial charge on any atom is -0.467 e. The third kappa shape index (κ3) is 5.16. The van der Waals surface area contributed by atoms with E-state index in [4.69, 9.17) is 14.2 Å². The first kappa shape index (κ1) is 23.2. The number of hydrogen-bond acceptors (Lipinski definition) is 8. The number of aryl methyl sites for hydroxylation is 1. The minimum atomic E-state index is -3.84. The average Bonchev–Trinajstić information content (AvgIpc) is 2.83. The van der Waals surface area contributed by atoms with Crippen molar-refractivity contribution in [3.63, 3.8) is 0 Å². The molecule has 0 bridgehead atoms. The van der Waals surface area contributed by atoms with Gasteiger partial charge in [0.1, 0.15) is 12.4 Å². The van der Waals surface area contributed by atoms with Crippen LogP contribution in [0.1, 0.15) is 27.0 Å². The Morgan fingerprint density at radius 2 is 1.82 bits per heavy atom. The quantitative estimate of drug-likeness (QED) is 0.303. The molecule has 0 saturated carbocycles. The molecule has 0 spiro atoms. The molecular weight excluding hydrogens is 464 g/mol. The van der Waals surface area contributed by atoms with Crippen LogP contribution in [-0.4, -0.2) is 26.1 Å². The number of fused-ring (bicyclic) bond motifs is 1. The molecule has 0 fully saturated rings. The smallest absolute Gasteiger partial charge is 0.338 e. The number of esters is 1. The summed E-state index contributed by atoms with van der Waals surface area (Å²) in [5, 5.41) is 11.2. The highest BCUT2D eigenvalue weighted by molar-refractivity contribution is 7.92. The Bertz CT molecular complexity index is 1340. The molecule has 4 rings (SSSR count). The predicted molar refractivity (Wildman–Crippen MR) is 121 cm³/mol. The van der Waals surface area contributed by atoms with Crippen LogP contribution < -0.4 is 9.46 Å². The molecule has 0 unspecified atom stereocenters. The molecule has 3 aromatic rings. The summed E-state index contributed by atoms with van der Waals surface area (Å²) in [6, 6.07) is 14.8. The van der Waals surface area contributed by atoms with E-state index in [1.54, 1.807) is 24.3 Å². The highest BCUT2D eigenvalue weighted by atomic mass is 32.2. The third-order valence-electron chi connectivity index (χ3n) is 5.05. The monoisotopic (exact) mass is 484 g/mol. The van der Waals surface area contributed by atoms with E-state index in [1.807, 2.05) is 6.92 Å². The van der Waals surface area contributed by atoms with Crippen molar-refractivity contribution in [3.05, 3.63) is 93.0 Å². The van der Waals surface area contributed by atoms with Crippen LogP contribution in [0.5, 0.6) is 5.75 Å². The maximum atomic E-state index is 12.6. The highest BCUT2D eigenvalue weighted by Gasteiger charge is 2.22. The van der Waals surface area contributed by atoms with E-state index >= 15 is 0 Å². The third-order valence-corrected chi connectivity index (χ3v) is 6.44. The first-order chi connectivity index (χ1) is 16.2. The summed E-state index contributed by atoms with van der Waals surface area (Å²) in [5.74, 6) is -0.337. The molecule has 1 heterocycles. The number of sulfonamides is 1. The number of ether oxygens (including phenoxy) is 3. The molecule has 1 aliphatic rings. The maximum absolute atomic E-state index is 12.6. The molecule has 1 N–H and O–H groups in total. The van der Waals surface area contributed by atoms with Crippen molar-refractivity contribution >= 4 is 27.4 Å². The maximum Gasteiger partial charge on any atom is 0.338 e. The Labute approximate surface area is 195 Å². The molecule has 1 aliphatic heterocycles. The Morgan fingerprint density at radius 1 is 1.12 bits per heavy atom. The number of nitro benzene ring substituents is 1. The fourth-order valence-electron chi connectivity index (χ4n) is 3.33. The molecule has 0 atom stereocenters. The van der Waals surface area contributed by atoms with Crippen LogP contribution in [0.2, 0.25) is 0 Å². The number of hydrogen-bond donors (Lipinski definition) is 1. The molecule has 11 heteroatoms. The first-order valence-electron chi connectivity index (χ1n) is 10.1. The Morgan fingerprint density at radius 3 is 2.50 bits per heavy atom. The lowest BCUT2D eigenvalue weighted by atomic mass is 10.1. The van der Waals surface area contributed by atoms with E-state index in [0.29, 0.717) is 22.6 Å². The standard InChI is InChI=1S/C23H20N2O8S/c1-15-2-6-19(7-3-15)24-34(29,30)21-8-4-16(5-9-21)23(26)32-13-18-11-20(25(27)28)10-17-12-31-14-33-22(17)18/h2-11,24H,12-14H2,1H3. The van der Waals surface area contributed by atoms with Crippen LogP contribution >= 0.6 is 0 Å². The van der Waals surface area contributed by atoms with Crippen LogP contribution in [0.4, 0.5) is 11.4 Å². The SMILES string of the molecule is Cc1ccc(NS(=O)(=O)c2ccc(C(=O)OCc3cc([N+](=O)[O-])cc4c3OCOC4)cc2)cc1. The molecule has 10 nitrogen and oxygen atoms in total. The van der Waals surface area contributed by atoms with Crippen LogP contribution in [0, 0.1) is 17.0 Å². The number of nitrogens with one attached hydrogen (secondary N) is 1. The van der Waals surface area contributed by atoms with Gasteiger partial charge in [-0.2, -0.15) is 0 Å². The summed E-state index contributed by atoms with van der Waals surface area (Å²) in [6.45, 7) is 1.76. The molecule has 3 aromatic carbocycles. The van der Waals surface area contributed by atoms with Gasteiger partial charge in [0.2, 0.25) is 0 Å². The second-order valence-corrected chi connectivity index (χ2v) is 9.22. The Kier molecular flexibility index (Phi) is 6.48. The number of benzene rings is 3. The molecule has 176 valence electrons. The number of non-ortho nitro benzene ring substituents is 1. The van der Waals surface area contributed by atoms with Gasteiger partial charge in [-0.3, -0.25) is 14.8 Å². The van der Waals surface area contributed by atoms with Crippen LogP contribution in [-0.2, 0) is 32.7 Å². The highest BCUT2D eigenvalue weighted by Crippen LogP contribution is 2.33. The zero-order valence-corrected chi connectivity index (χ0v) is 18.8. The number of nitrogens with zero attached hydrogens (tertiary/aromatic N) is 1. The van der Waals surface area contributed by atoms with Gasteiger partial charge in [-0.25, -0.2) is 13.2 Å². The van der Waals surface area contributed by atoms with Gasteiger partial charge < -0.3 is 14.2 Å². The Balaban J connectivity index is 1.46. The second kappa shape index (κ2) is 9.49. The van der Waals surface area contributed by atoms with Crippen molar-refractivity contribution in [1.29, 1.82) is 0 Å². The Hall–Kier alpha value is -3.96. The van der Waals surface area contributed by atoms with E-state index in [-0.39, 0.29) is 36.2 Å². The van der Waals surface area contributed by atoms with Crippen molar-refractivity contribution in [2.24, 2.45) is 0 Å². The lowest BCUT2D eigenvalue weighted by Crippen LogP contribution is -2.15. The zero-order chi connectivity index (χ0) is 24.3. The molecular formula is C23H20N2O8S. The van der Waals surface area contributed by atoms with Gasteiger partial charge in [-0.1, -0.05) is 17.7 Å². The molecule has 0 amide bonds. The number of rotatable bonds is 7. The second-order valence-electron chi connectivity index (χ2n) is 7.53. The summed E-state index contributed by atoms with van der Waals surface area (Å²) in [7, 11) is -3.84. The number of carbonyl (C=O) groups is 1. The first-order valence-corrected chi connectivity index (χ1v) is 11.6. The largest absolute Gasteiger partial charge is 0.467 e. The summed E-state index contributed by atoms with van der Waals surface area (Å²) >= 11 is 0. The topological polar surface area (TPSA) is 134 Å². The van der Waals surface area contributed by atoms with Crippen molar-refractivity contribution in [2.75, 3.05) is 11.5 Å². The van der Waals surface area contributed by atoms with E-state index in [1.165, 1.54) is 36.4 Å². The molecule has 0 radical (unpaired) electrons. The van der Waals surface area contributed by atoms with Crippen molar-refractivity contribution in [2.45, 2.75) is 25.0 Å². The fourth-order valence-corrected chi connectivity index (χ4v) is 4.38. The van der Waals surface area contributed by atoms with Gasteiger partial charge in [0.15, 0.2) is 6.79 Å². The van der Waals surface area contributed by atoms with Gasteiger partial charge in [0.25, 0.3) is 15.7 Å². The average molecular weight is 484 g/mol. The lowest BCUT2D eigenvalue weighted by Gasteiger charge is -2.20. The number of nitro groups is 1. The number of anilines is 1. The molecule has 0 aliphatic carbocycles. The minimum absolute atomic E-state index is 0.0156. The summed E-state index contributed by atoms with van der Waals surface area (Å²) in [5.41, 5.74) is 2.19. The van der Waals surface area contributed by atoms with Crippen LogP contribution in [0.3, 0.4) is 0 Å². The van der Waals surface area contributed by atoms with E-state index in [0.717, 1.165) is 5.56 Å². The molecule has 0 saturated heterocycles.